The van der Waals surface area contributed by atoms with Crippen LogP contribution in [0.2, 0.25) is 0 Å². The van der Waals surface area contributed by atoms with Gasteiger partial charge in [0, 0.05) is 5.56 Å². The Morgan fingerprint density at radius 3 is 2.52 bits per heavy atom. The Hall–Kier alpha value is -3.07. The van der Waals surface area contributed by atoms with Gasteiger partial charge in [-0.1, -0.05) is 30.3 Å². The molecule has 4 rings (SSSR count). The Morgan fingerprint density at radius 2 is 1.72 bits per heavy atom. The predicted octanol–water partition coefficient (Wildman–Crippen LogP) is 5.43. The third kappa shape index (κ3) is 3.26. The number of nitrogens with zero attached hydrogens (tertiary/aromatic N) is 1. The average molecular weight is 328 g/mol. The van der Waals surface area contributed by atoms with Crippen molar-refractivity contribution >= 4 is 11.0 Å². The van der Waals surface area contributed by atoms with Crippen molar-refractivity contribution in [2.75, 3.05) is 0 Å². The van der Waals surface area contributed by atoms with Crippen LogP contribution in [0.15, 0.2) is 66.7 Å². The SMILES string of the molecule is Cc1ccc2nc(-c3ccc(OCc4ccccc4C)cc3)[nH]c2c1. The third-order valence-corrected chi connectivity index (χ3v) is 4.42. The van der Waals surface area contributed by atoms with E-state index in [-0.39, 0.29) is 0 Å². The lowest BCUT2D eigenvalue weighted by atomic mass is 10.1. The van der Waals surface area contributed by atoms with E-state index in [1.807, 2.05) is 42.5 Å². The second-order valence-electron chi connectivity index (χ2n) is 6.35. The average Bonchev–Trinajstić information content (AvgIpc) is 3.04. The van der Waals surface area contributed by atoms with Crippen LogP contribution in [0, 0.1) is 13.8 Å². The summed E-state index contributed by atoms with van der Waals surface area (Å²) < 4.78 is 5.91. The number of benzene rings is 3. The van der Waals surface area contributed by atoms with E-state index in [9.17, 15) is 0 Å². The van der Waals surface area contributed by atoms with Crippen molar-refractivity contribution in [2.45, 2.75) is 20.5 Å². The van der Waals surface area contributed by atoms with Crippen molar-refractivity contribution in [3.63, 3.8) is 0 Å². The highest BCUT2D eigenvalue weighted by Gasteiger charge is 2.06. The fourth-order valence-electron chi connectivity index (χ4n) is 2.90. The van der Waals surface area contributed by atoms with Gasteiger partial charge in [0.1, 0.15) is 18.2 Å². The van der Waals surface area contributed by atoms with Crippen LogP contribution in [0.3, 0.4) is 0 Å². The second kappa shape index (κ2) is 6.44. The van der Waals surface area contributed by atoms with E-state index in [1.54, 1.807) is 0 Å². The Labute approximate surface area is 147 Å². The second-order valence-corrected chi connectivity index (χ2v) is 6.35. The van der Waals surface area contributed by atoms with Crippen LogP contribution in [0.1, 0.15) is 16.7 Å². The van der Waals surface area contributed by atoms with Gasteiger partial charge in [0.25, 0.3) is 0 Å². The summed E-state index contributed by atoms with van der Waals surface area (Å²) in [5, 5.41) is 0. The molecule has 25 heavy (non-hydrogen) atoms. The molecule has 0 saturated heterocycles. The number of ether oxygens (including phenoxy) is 1. The van der Waals surface area contributed by atoms with Crippen LogP contribution < -0.4 is 4.74 Å². The minimum Gasteiger partial charge on any atom is -0.489 e. The number of aromatic nitrogens is 2. The Kier molecular flexibility index (Phi) is 3.98. The molecule has 0 aliphatic carbocycles. The number of H-pyrrole nitrogens is 1. The zero-order valence-electron chi connectivity index (χ0n) is 14.4. The first-order chi connectivity index (χ1) is 12.2. The van der Waals surface area contributed by atoms with Gasteiger partial charge < -0.3 is 9.72 Å². The topological polar surface area (TPSA) is 37.9 Å². The lowest BCUT2D eigenvalue weighted by molar-refractivity contribution is 0.305. The molecule has 0 bridgehead atoms. The van der Waals surface area contributed by atoms with E-state index in [2.05, 4.69) is 48.1 Å². The molecule has 1 heterocycles. The first-order valence-electron chi connectivity index (χ1n) is 8.43. The molecule has 0 spiro atoms. The van der Waals surface area contributed by atoms with Crippen molar-refractivity contribution < 1.29 is 4.74 Å². The summed E-state index contributed by atoms with van der Waals surface area (Å²) in [4.78, 5) is 8.05. The van der Waals surface area contributed by atoms with Crippen molar-refractivity contribution in [1.82, 2.24) is 9.97 Å². The number of hydrogen-bond donors (Lipinski definition) is 1. The molecular formula is C22H20N2O. The zero-order chi connectivity index (χ0) is 17.2. The van der Waals surface area contributed by atoms with Gasteiger partial charge in [-0.05, 0) is 66.9 Å². The van der Waals surface area contributed by atoms with Gasteiger partial charge >= 0.3 is 0 Å². The number of imidazole rings is 1. The van der Waals surface area contributed by atoms with Crippen LogP contribution in [0.4, 0.5) is 0 Å². The molecule has 0 aliphatic rings. The molecule has 0 unspecified atom stereocenters. The maximum atomic E-state index is 5.91. The van der Waals surface area contributed by atoms with E-state index in [0.29, 0.717) is 6.61 Å². The number of aromatic amines is 1. The van der Waals surface area contributed by atoms with Crippen LogP contribution in [0.25, 0.3) is 22.4 Å². The van der Waals surface area contributed by atoms with E-state index >= 15 is 0 Å². The molecule has 0 atom stereocenters. The summed E-state index contributed by atoms with van der Waals surface area (Å²) in [7, 11) is 0. The van der Waals surface area contributed by atoms with Gasteiger partial charge in [-0.25, -0.2) is 4.98 Å². The molecule has 1 N–H and O–H groups in total. The molecular weight excluding hydrogens is 308 g/mol. The van der Waals surface area contributed by atoms with Crippen molar-refractivity contribution in [1.29, 1.82) is 0 Å². The fourth-order valence-corrected chi connectivity index (χ4v) is 2.90. The van der Waals surface area contributed by atoms with Crippen molar-refractivity contribution in [3.8, 4) is 17.1 Å². The summed E-state index contributed by atoms with van der Waals surface area (Å²) in [6.45, 7) is 4.77. The Balaban J connectivity index is 1.52. The Morgan fingerprint density at radius 1 is 0.920 bits per heavy atom. The molecule has 0 radical (unpaired) electrons. The minimum absolute atomic E-state index is 0.579. The normalized spacial score (nSPS) is 11.0. The molecule has 4 aromatic rings. The van der Waals surface area contributed by atoms with Crippen molar-refractivity contribution in [2.24, 2.45) is 0 Å². The first-order valence-corrected chi connectivity index (χ1v) is 8.43. The maximum absolute atomic E-state index is 5.91. The maximum Gasteiger partial charge on any atom is 0.138 e. The lowest BCUT2D eigenvalue weighted by Crippen LogP contribution is -1.97. The van der Waals surface area contributed by atoms with E-state index in [0.717, 1.165) is 28.2 Å². The highest BCUT2D eigenvalue weighted by Crippen LogP contribution is 2.24. The lowest BCUT2D eigenvalue weighted by Gasteiger charge is -2.09. The van der Waals surface area contributed by atoms with E-state index in [4.69, 9.17) is 4.74 Å². The zero-order valence-corrected chi connectivity index (χ0v) is 14.4. The van der Waals surface area contributed by atoms with Gasteiger partial charge in [0.05, 0.1) is 11.0 Å². The third-order valence-electron chi connectivity index (χ3n) is 4.42. The highest BCUT2D eigenvalue weighted by atomic mass is 16.5. The first kappa shape index (κ1) is 15.5. The summed E-state index contributed by atoms with van der Waals surface area (Å²) in [5.74, 6) is 1.74. The molecule has 0 amide bonds. The van der Waals surface area contributed by atoms with Gasteiger partial charge in [0.2, 0.25) is 0 Å². The summed E-state index contributed by atoms with van der Waals surface area (Å²) in [6, 6.07) is 22.6. The highest BCUT2D eigenvalue weighted by molar-refractivity contribution is 5.80. The quantitative estimate of drug-likeness (QED) is 0.543. The minimum atomic E-state index is 0.579. The van der Waals surface area contributed by atoms with Crippen molar-refractivity contribution in [3.05, 3.63) is 83.4 Å². The number of nitrogens with one attached hydrogen (secondary N) is 1. The van der Waals surface area contributed by atoms with Gasteiger partial charge in [-0.15, -0.1) is 0 Å². The smallest absolute Gasteiger partial charge is 0.138 e. The van der Waals surface area contributed by atoms with E-state index in [1.165, 1.54) is 16.7 Å². The van der Waals surface area contributed by atoms with Gasteiger partial charge in [-0.2, -0.15) is 0 Å². The summed E-state index contributed by atoms with van der Waals surface area (Å²) >= 11 is 0. The molecule has 3 aromatic carbocycles. The molecule has 3 heteroatoms. The van der Waals surface area contributed by atoms with Crippen LogP contribution in [-0.2, 0) is 6.61 Å². The van der Waals surface area contributed by atoms with Crippen LogP contribution in [-0.4, -0.2) is 9.97 Å². The molecule has 0 fully saturated rings. The molecule has 0 aliphatic heterocycles. The fraction of sp³-hybridized carbons (Fsp3) is 0.136. The molecule has 3 nitrogen and oxygen atoms in total. The summed E-state index contributed by atoms with van der Waals surface area (Å²) in [6.07, 6.45) is 0. The molecule has 1 aromatic heterocycles. The molecule has 0 saturated carbocycles. The predicted molar refractivity (Wildman–Crippen MR) is 102 cm³/mol. The molecule has 124 valence electrons. The number of rotatable bonds is 4. The van der Waals surface area contributed by atoms with E-state index < -0.39 is 0 Å². The largest absolute Gasteiger partial charge is 0.489 e. The Bertz CT molecular complexity index is 1020. The summed E-state index contributed by atoms with van der Waals surface area (Å²) in [5.41, 5.74) is 6.78. The number of fused-ring (bicyclic) bond motifs is 1. The van der Waals surface area contributed by atoms with Gasteiger partial charge in [0.15, 0.2) is 0 Å². The van der Waals surface area contributed by atoms with Gasteiger partial charge in [-0.3, -0.25) is 0 Å². The standard InChI is InChI=1S/C22H20N2O/c1-15-7-12-20-21(13-15)24-22(23-20)17-8-10-19(11-9-17)25-14-18-6-4-3-5-16(18)2/h3-13H,14H2,1-2H3,(H,23,24). The number of aryl methyl sites for hydroxylation is 2. The van der Waals surface area contributed by atoms with Crippen LogP contribution >= 0.6 is 0 Å². The monoisotopic (exact) mass is 328 g/mol. The van der Waals surface area contributed by atoms with Crippen LogP contribution in [0.5, 0.6) is 5.75 Å². The number of hydrogen-bond acceptors (Lipinski definition) is 2.